The van der Waals surface area contributed by atoms with Gasteiger partial charge in [0.05, 0.1) is 21.6 Å². The molecule has 2 rings (SSSR count). The fourth-order valence-electron chi connectivity index (χ4n) is 2.79. The van der Waals surface area contributed by atoms with Crippen LogP contribution in [0.2, 0.25) is 0 Å². The van der Waals surface area contributed by atoms with Crippen molar-refractivity contribution in [3.63, 3.8) is 0 Å². The van der Waals surface area contributed by atoms with Gasteiger partial charge in [0.25, 0.3) is 5.69 Å². The Bertz CT molecular complexity index is 966. The van der Waals surface area contributed by atoms with Gasteiger partial charge in [-0.05, 0) is 29.0 Å². The van der Waals surface area contributed by atoms with Crippen LogP contribution in [-0.4, -0.2) is 15.0 Å². The van der Waals surface area contributed by atoms with Crippen LogP contribution in [0.25, 0.3) is 0 Å². The quantitative estimate of drug-likeness (QED) is 0.370. The van der Waals surface area contributed by atoms with Gasteiger partial charge in [-0.15, -0.1) is 5.11 Å². The maximum Gasteiger partial charge on any atom is 0.303 e. The summed E-state index contributed by atoms with van der Waals surface area (Å²) in [5, 5.41) is 41.0. The van der Waals surface area contributed by atoms with Gasteiger partial charge in [0, 0.05) is 17.2 Å². The molecule has 154 valence electrons. The Balaban J connectivity index is 2.61. The smallest absolute Gasteiger partial charge is 0.303 e. The lowest BCUT2D eigenvalue weighted by Crippen LogP contribution is -2.16. The minimum atomic E-state index is -0.737. The largest absolute Gasteiger partial charge is 0.507 e. The molecule has 0 atom stereocenters. The number of nitro benzene ring substituents is 2. The van der Waals surface area contributed by atoms with Crippen molar-refractivity contribution in [1.82, 2.24) is 0 Å². The molecule has 0 saturated heterocycles. The van der Waals surface area contributed by atoms with Gasteiger partial charge in [-0.1, -0.05) is 41.5 Å². The molecule has 9 heteroatoms. The summed E-state index contributed by atoms with van der Waals surface area (Å²) in [6.07, 6.45) is 0. The average molecular weight is 400 g/mol. The number of nitro groups is 2. The number of phenolic OH excluding ortho intramolecular Hbond substituents is 1. The topological polar surface area (TPSA) is 131 Å². The Kier molecular flexibility index (Phi) is 5.73. The van der Waals surface area contributed by atoms with E-state index in [1.54, 1.807) is 12.1 Å². The highest BCUT2D eigenvalue weighted by Gasteiger charge is 2.27. The van der Waals surface area contributed by atoms with Crippen LogP contribution in [0.5, 0.6) is 5.75 Å². The number of aromatic hydroxyl groups is 1. The molecule has 0 aliphatic carbocycles. The van der Waals surface area contributed by atoms with E-state index in [0.29, 0.717) is 16.8 Å². The van der Waals surface area contributed by atoms with Crippen molar-refractivity contribution in [2.75, 3.05) is 0 Å². The molecule has 0 fully saturated rings. The first-order valence-electron chi connectivity index (χ1n) is 8.94. The first-order chi connectivity index (χ1) is 13.2. The molecule has 0 radical (unpaired) electrons. The zero-order valence-corrected chi connectivity index (χ0v) is 17.3. The molecule has 29 heavy (non-hydrogen) atoms. The van der Waals surface area contributed by atoms with Crippen LogP contribution in [0.4, 0.5) is 22.7 Å². The summed E-state index contributed by atoms with van der Waals surface area (Å²) < 4.78 is 0. The summed E-state index contributed by atoms with van der Waals surface area (Å²) >= 11 is 0. The summed E-state index contributed by atoms with van der Waals surface area (Å²) in [7, 11) is 0. The molecule has 0 spiro atoms. The molecule has 1 N–H and O–H groups in total. The molecule has 0 amide bonds. The van der Waals surface area contributed by atoms with Crippen molar-refractivity contribution >= 4 is 22.7 Å². The maximum atomic E-state index is 11.3. The molecular weight excluding hydrogens is 376 g/mol. The number of phenols is 1. The molecule has 2 aromatic carbocycles. The van der Waals surface area contributed by atoms with Gasteiger partial charge in [-0.3, -0.25) is 20.2 Å². The van der Waals surface area contributed by atoms with Crippen molar-refractivity contribution in [3.8, 4) is 5.75 Å². The van der Waals surface area contributed by atoms with Crippen molar-refractivity contribution in [1.29, 1.82) is 0 Å². The minimum absolute atomic E-state index is 0.0942. The Morgan fingerprint density at radius 1 is 0.828 bits per heavy atom. The second-order valence-corrected chi connectivity index (χ2v) is 8.78. The van der Waals surface area contributed by atoms with Crippen molar-refractivity contribution in [2.24, 2.45) is 10.2 Å². The maximum absolute atomic E-state index is 11.3. The summed E-state index contributed by atoms with van der Waals surface area (Å²) in [5.41, 5.74) is 0.0473. The highest BCUT2D eigenvalue weighted by molar-refractivity contribution is 5.62. The van der Waals surface area contributed by atoms with E-state index >= 15 is 0 Å². The van der Waals surface area contributed by atoms with Crippen LogP contribution in [0, 0.1) is 20.2 Å². The Hall–Kier alpha value is -3.36. The van der Waals surface area contributed by atoms with Gasteiger partial charge in [-0.25, -0.2) is 0 Å². The molecule has 0 unspecified atom stereocenters. The van der Waals surface area contributed by atoms with Crippen LogP contribution in [-0.2, 0) is 10.8 Å². The van der Waals surface area contributed by atoms with Crippen molar-refractivity contribution in [3.05, 3.63) is 61.7 Å². The van der Waals surface area contributed by atoms with Gasteiger partial charge in [0.2, 0.25) is 0 Å². The average Bonchev–Trinajstić information content (AvgIpc) is 2.58. The lowest BCUT2D eigenvalue weighted by atomic mass is 9.79. The minimum Gasteiger partial charge on any atom is -0.507 e. The summed E-state index contributed by atoms with van der Waals surface area (Å²) in [6, 6.07) is 6.55. The number of benzene rings is 2. The van der Waals surface area contributed by atoms with E-state index in [-0.39, 0.29) is 22.3 Å². The molecule has 0 aliphatic heterocycles. The lowest BCUT2D eigenvalue weighted by Gasteiger charge is -2.27. The molecule has 9 nitrogen and oxygen atoms in total. The first-order valence-corrected chi connectivity index (χ1v) is 8.94. The number of non-ortho nitro benzene ring substituents is 1. The zero-order valence-electron chi connectivity index (χ0n) is 17.3. The Morgan fingerprint density at radius 2 is 1.34 bits per heavy atom. The number of azo groups is 1. The molecule has 2 aromatic rings. The molecule has 0 saturated carbocycles. The Morgan fingerprint density at radius 3 is 1.76 bits per heavy atom. The summed E-state index contributed by atoms with van der Waals surface area (Å²) in [5.74, 6) is 0.185. The van der Waals surface area contributed by atoms with Gasteiger partial charge in [-0.2, -0.15) is 5.11 Å². The van der Waals surface area contributed by atoms with E-state index in [1.807, 2.05) is 41.5 Å². The number of hydrogen-bond donors (Lipinski definition) is 1. The van der Waals surface area contributed by atoms with Crippen LogP contribution in [0.15, 0.2) is 40.6 Å². The monoisotopic (exact) mass is 400 g/mol. The normalized spacial score (nSPS) is 12.3. The second-order valence-electron chi connectivity index (χ2n) is 8.78. The number of rotatable bonds is 4. The van der Waals surface area contributed by atoms with Gasteiger partial charge < -0.3 is 5.11 Å². The van der Waals surface area contributed by atoms with Gasteiger partial charge >= 0.3 is 5.69 Å². The van der Waals surface area contributed by atoms with Crippen molar-refractivity contribution in [2.45, 2.75) is 52.4 Å². The predicted molar refractivity (Wildman–Crippen MR) is 109 cm³/mol. The zero-order chi connectivity index (χ0) is 22.1. The third-order valence-corrected chi connectivity index (χ3v) is 4.35. The van der Waals surface area contributed by atoms with Crippen LogP contribution in [0.1, 0.15) is 52.7 Å². The molecule has 0 heterocycles. The summed E-state index contributed by atoms with van der Waals surface area (Å²) in [6.45, 7) is 11.7. The summed E-state index contributed by atoms with van der Waals surface area (Å²) in [4.78, 5) is 20.7. The third kappa shape index (κ3) is 4.92. The lowest BCUT2D eigenvalue weighted by molar-refractivity contribution is -0.393. The van der Waals surface area contributed by atoms with E-state index in [1.165, 1.54) is 6.07 Å². The van der Waals surface area contributed by atoms with Crippen LogP contribution >= 0.6 is 0 Å². The highest BCUT2D eigenvalue weighted by atomic mass is 16.6. The van der Waals surface area contributed by atoms with Gasteiger partial charge in [0.1, 0.15) is 5.75 Å². The second kappa shape index (κ2) is 7.57. The molecule has 0 aromatic heterocycles. The van der Waals surface area contributed by atoms with Crippen LogP contribution < -0.4 is 0 Å². The molecule has 0 aliphatic rings. The SMILES string of the molecule is CC(C)(C)c1cc(N=Nc2ccc([N+](=O)[O-])cc2[N+](=O)[O-])cc(C(C)(C)C)c1O. The van der Waals surface area contributed by atoms with Gasteiger partial charge in [0.15, 0.2) is 5.69 Å². The van der Waals surface area contributed by atoms with Crippen LogP contribution in [0.3, 0.4) is 0 Å². The highest BCUT2D eigenvalue weighted by Crippen LogP contribution is 2.42. The fourth-order valence-corrected chi connectivity index (χ4v) is 2.79. The third-order valence-electron chi connectivity index (χ3n) is 4.35. The molecule has 0 bridgehead atoms. The van der Waals surface area contributed by atoms with Crippen molar-refractivity contribution < 1.29 is 15.0 Å². The predicted octanol–water partition coefficient (Wildman–Crippen LogP) is 6.22. The van der Waals surface area contributed by atoms with E-state index in [9.17, 15) is 25.3 Å². The van der Waals surface area contributed by atoms with E-state index < -0.39 is 21.2 Å². The van der Waals surface area contributed by atoms with E-state index in [4.69, 9.17) is 0 Å². The fraction of sp³-hybridized carbons (Fsp3) is 0.400. The first kappa shape index (κ1) is 21.9. The van der Waals surface area contributed by atoms with E-state index in [0.717, 1.165) is 12.1 Å². The van der Waals surface area contributed by atoms with E-state index in [2.05, 4.69) is 10.2 Å². The number of hydrogen-bond acceptors (Lipinski definition) is 7. The number of nitrogens with zero attached hydrogens (tertiary/aromatic N) is 4. The standard InChI is InChI=1S/C20H24N4O5/c1-19(2,3)14-9-12(10-15(18(14)25)20(4,5)6)21-22-16-8-7-13(23(26)27)11-17(16)24(28)29/h7-11,25H,1-6H3. The Labute approximate surface area is 168 Å². The molecular formula is C20H24N4O5.